The van der Waals surface area contributed by atoms with E-state index < -0.39 is 16.0 Å². The van der Waals surface area contributed by atoms with Gasteiger partial charge < -0.3 is 5.11 Å². The van der Waals surface area contributed by atoms with Gasteiger partial charge in [0.25, 0.3) is 10.0 Å². The molecule has 1 heterocycles. The predicted molar refractivity (Wildman–Crippen MR) is 118 cm³/mol. The summed E-state index contributed by atoms with van der Waals surface area (Å²) in [5.41, 5.74) is 1.26. The number of hydrogen-bond donors (Lipinski definition) is 2. The molecule has 152 valence electrons. The van der Waals surface area contributed by atoms with Crippen molar-refractivity contribution in [1.29, 1.82) is 0 Å². The lowest BCUT2D eigenvalue weighted by Crippen LogP contribution is -2.14. The van der Waals surface area contributed by atoms with Crippen molar-refractivity contribution >= 4 is 32.5 Å². The van der Waals surface area contributed by atoms with E-state index in [2.05, 4.69) is 21.5 Å². The average molecular weight is 428 g/mol. The number of rotatable bonds is 4. The minimum absolute atomic E-state index is 0.0752. The van der Waals surface area contributed by atoms with E-state index in [1.165, 1.54) is 12.3 Å². The maximum Gasteiger partial charge on any atom is 0.354 e. The molecule has 0 unspecified atom stereocenters. The zero-order valence-electron chi connectivity index (χ0n) is 16.1. The van der Waals surface area contributed by atoms with Gasteiger partial charge in [0, 0.05) is 22.7 Å². The Morgan fingerprint density at radius 2 is 1.61 bits per heavy atom. The Hall–Kier alpha value is -4.15. The second kappa shape index (κ2) is 8.30. The number of anilines is 1. The van der Waals surface area contributed by atoms with Crippen molar-refractivity contribution in [3.8, 4) is 11.8 Å². The van der Waals surface area contributed by atoms with E-state index in [9.17, 15) is 13.2 Å². The molecule has 0 spiro atoms. The molecular weight excluding hydrogens is 412 g/mol. The Morgan fingerprint density at radius 1 is 0.871 bits per heavy atom. The Bertz CT molecular complexity index is 1450. The van der Waals surface area contributed by atoms with Gasteiger partial charge in [-0.1, -0.05) is 60.4 Å². The van der Waals surface area contributed by atoms with Crippen molar-refractivity contribution in [2.24, 2.45) is 0 Å². The fourth-order valence-electron chi connectivity index (χ4n) is 3.04. The summed E-state index contributed by atoms with van der Waals surface area (Å²) in [5, 5.41) is 10.4. The highest BCUT2D eigenvalue weighted by Crippen LogP contribution is 2.26. The first kappa shape index (κ1) is 20.1. The second-order valence-electron chi connectivity index (χ2n) is 6.62. The first-order valence-electron chi connectivity index (χ1n) is 9.25. The molecular formula is C24H16N2O4S. The molecule has 0 fully saturated rings. The number of para-hydroxylation sites is 1. The minimum Gasteiger partial charge on any atom is -0.477 e. The van der Waals surface area contributed by atoms with Crippen LogP contribution in [-0.4, -0.2) is 24.5 Å². The summed E-state index contributed by atoms with van der Waals surface area (Å²) in [6.45, 7) is 0. The van der Waals surface area contributed by atoms with Crippen molar-refractivity contribution in [2.75, 3.05) is 4.72 Å². The van der Waals surface area contributed by atoms with Crippen LogP contribution in [0.2, 0.25) is 0 Å². The number of nitrogens with zero attached hydrogens (tertiary/aromatic N) is 1. The zero-order valence-corrected chi connectivity index (χ0v) is 16.9. The summed E-state index contributed by atoms with van der Waals surface area (Å²) < 4.78 is 28.9. The van der Waals surface area contributed by atoms with Crippen molar-refractivity contribution in [3.05, 3.63) is 102 Å². The monoisotopic (exact) mass is 428 g/mol. The topological polar surface area (TPSA) is 96.4 Å². The molecule has 0 amide bonds. The number of pyridine rings is 1. The number of benzene rings is 3. The average Bonchev–Trinajstić information content (AvgIpc) is 2.78. The van der Waals surface area contributed by atoms with E-state index in [4.69, 9.17) is 5.11 Å². The molecule has 31 heavy (non-hydrogen) atoms. The second-order valence-corrected chi connectivity index (χ2v) is 8.27. The standard InChI is InChI=1S/C24H16N2O4S/c27-24(28)22-15-13-17(16-25-22)12-14-19-7-2-4-10-21(19)26-31(29,30)23-11-5-8-18-6-1-3-9-20(18)23/h1-11,13,15-16,26H,(H,27,28). The number of aromatic carboxylic acids is 1. The first-order chi connectivity index (χ1) is 14.9. The molecule has 0 aliphatic carbocycles. The SMILES string of the molecule is O=C(O)c1ccc(C#Cc2ccccc2NS(=O)(=O)c2cccc3ccccc23)cn1. The molecule has 0 aliphatic rings. The molecule has 0 saturated carbocycles. The van der Waals surface area contributed by atoms with Crippen molar-refractivity contribution in [1.82, 2.24) is 4.98 Å². The summed E-state index contributed by atoms with van der Waals surface area (Å²) in [6, 6.07) is 22.1. The zero-order chi connectivity index (χ0) is 21.8. The number of carboxylic acid groups (broad SMARTS) is 1. The molecule has 0 aliphatic heterocycles. The van der Waals surface area contributed by atoms with Gasteiger partial charge in [0.2, 0.25) is 0 Å². The number of hydrogen-bond acceptors (Lipinski definition) is 4. The van der Waals surface area contributed by atoms with Crippen LogP contribution in [0.4, 0.5) is 5.69 Å². The fraction of sp³-hybridized carbons (Fsp3) is 0. The summed E-state index contributed by atoms with van der Waals surface area (Å²) in [7, 11) is -3.86. The van der Waals surface area contributed by atoms with Gasteiger partial charge in [0.1, 0.15) is 5.69 Å². The number of carbonyl (C=O) groups is 1. The largest absolute Gasteiger partial charge is 0.477 e. The maximum absolute atomic E-state index is 13.1. The fourth-order valence-corrected chi connectivity index (χ4v) is 4.36. The molecule has 0 bridgehead atoms. The predicted octanol–water partition coefficient (Wildman–Crippen LogP) is 4.13. The van der Waals surface area contributed by atoms with E-state index in [0.29, 0.717) is 22.2 Å². The third kappa shape index (κ3) is 4.39. The highest BCUT2D eigenvalue weighted by atomic mass is 32.2. The van der Waals surface area contributed by atoms with Gasteiger partial charge in [0.05, 0.1) is 10.6 Å². The van der Waals surface area contributed by atoms with Crippen LogP contribution in [0.15, 0.2) is 90.0 Å². The number of sulfonamides is 1. The highest BCUT2D eigenvalue weighted by molar-refractivity contribution is 7.93. The van der Waals surface area contributed by atoms with Gasteiger partial charge in [-0.15, -0.1) is 0 Å². The van der Waals surface area contributed by atoms with Crippen LogP contribution in [0.5, 0.6) is 0 Å². The summed E-state index contributed by atoms with van der Waals surface area (Å²) >= 11 is 0. The van der Waals surface area contributed by atoms with Crippen LogP contribution in [-0.2, 0) is 10.0 Å². The minimum atomic E-state index is -3.86. The number of fused-ring (bicyclic) bond motifs is 1. The lowest BCUT2D eigenvalue weighted by molar-refractivity contribution is 0.0690. The quantitative estimate of drug-likeness (QED) is 0.477. The van der Waals surface area contributed by atoms with E-state index in [0.717, 1.165) is 5.39 Å². The van der Waals surface area contributed by atoms with Crippen LogP contribution >= 0.6 is 0 Å². The molecule has 0 saturated heterocycles. The summed E-state index contributed by atoms with van der Waals surface area (Å²) in [6.07, 6.45) is 1.36. The van der Waals surface area contributed by atoms with Crippen LogP contribution in [0.3, 0.4) is 0 Å². The van der Waals surface area contributed by atoms with Crippen LogP contribution in [0.1, 0.15) is 21.6 Å². The van der Waals surface area contributed by atoms with Gasteiger partial charge in [-0.3, -0.25) is 4.72 Å². The number of aromatic nitrogens is 1. The molecule has 0 atom stereocenters. The van der Waals surface area contributed by atoms with Crippen LogP contribution in [0.25, 0.3) is 10.8 Å². The molecule has 3 aromatic carbocycles. The molecule has 4 rings (SSSR count). The van der Waals surface area contributed by atoms with Gasteiger partial charge >= 0.3 is 5.97 Å². The van der Waals surface area contributed by atoms with Crippen molar-refractivity contribution in [3.63, 3.8) is 0 Å². The van der Waals surface area contributed by atoms with E-state index >= 15 is 0 Å². The maximum atomic E-state index is 13.1. The molecule has 6 nitrogen and oxygen atoms in total. The Morgan fingerprint density at radius 3 is 2.39 bits per heavy atom. The Kier molecular flexibility index (Phi) is 5.39. The molecule has 1 aromatic heterocycles. The Labute approximate surface area is 179 Å². The number of nitrogens with one attached hydrogen (secondary N) is 1. The lowest BCUT2D eigenvalue weighted by atomic mass is 10.1. The molecule has 4 aromatic rings. The lowest BCUT2D eigenvalue weighted by Gasteiger charge is -2.12. The highest BCUT2D eigenvalue weighted by Gasteiger charge is 2.18. The van der Waals surface area contributed by atoms with Gasteiger partial charge in [-0.2, -0.15) is 0 Å². The van der Waals surface area contributed by atoms with Gasteiger partial charge in [-0.25, -0.2) is 18.2 Å². The van der Waals surface area contributed by atoms with Gasteiger partial charge in [-0.05, 0) is 35.7 Å². The van der Waals surface area contributed by atoms with Crippen LogP contribution in [0, 0.1) is 11.8 Å². The Balaban J connectivity index is 1.67. The molecule has 0 radical (unpaired) electrons. The molecule has 7 heteroatoms. The van der Waals surface area contributed by atoms with E-state index in [1.54, 1.807) is 54.6 Å². The third-order valence-electron chi connectivity index (χ3n) is 4.53. The van der Waals surface area contributed by atoms with E-state index in [1.807, 2.05) is 18.2 Å². The first-order valence-corrected chi connectivity index (χ1v) is 10.7. The van der Waals surface area contributed by atoms with Crippen LogP contribution < -0.4 is 4.72 Å². The van der Waals surface area contributed by atoms with E-state index in [-0.39, 0.29) is 10.6 Å². The summed E-state index contributed by atoms with van der Waals surface area (Å²) in [5.74, 6) is 4.69. The normalized spacial score (nSPS) is 10.8. The van der Waals surface area contributed by atoms with Crippen molar-refractivity contribution in [2.45, 2.75) is 4.90 Å². The summed E-state index contributed by atoms with van der Waals surface area (Å²) in [4.78, 5) is 14.9. The molecule has 2 N–H and O–H groups in total. The van der Waals surface area contributed by atoms with Gasteiger partial charge in [0.15, 0.2) is 0 Å². The number of carboxylic acids is 1. The third-order valence-corrected chi connectivity index (χ3v) is 5.96. The smallest absolute Gasteiger partial charge is 0.354 e. The van der Waals surface area contributed by atoms with Crippen molar-refractivity contribution < 1.29 is 18.3 Å².